The summed E-state index contributed by atoms with van der Waals surface area (Å²) in [5.74, 6) is 0.712. The van der Waals surface area contributed by atoms with Crippen molar-refractivity contribution in [1.82, 2.24) is 5.32 Å². The second-order valence-electron chi connectivity index (χ2n) is 7.66. The van der Waals surface area contributed by atoms with Gasteiger partial charge >= 0.3 is 0 Å². The fourth-order valence-corrected chi connectivity index (χ4v) is 3.17. The van der Waals surface area contributed by atoms with Crippen molar-refractivity contribution >= 4 is 0 Å². The minimum atomic E-state index is -0.121. The van der Waals surface area contributed by atoms with E-state index in [1.807, 2.05) is 0 Å². The van der Waals surface area contributed by atoms with Gasteiger partial charge in [0.2, 0.25) is 0 Å². The topological polar surface area (TPSA) is 38.0 Å². The zero-order valence-corrected chi connectivity index (χ0v) is 12.6. The molecule has 0 unspecified atom stereocenters. The minimum Gasteiger partial charge on any atom is -0.325 e. The highest BCUT2D eigenvalue weighted by atomic mass is 15.0. The Morgan fingerprint density at radius 3 is 1.69 bits per heavy atom. The Kier molecular flexibility index (Phi) is 5.03. The first kappa shape index (κ1) is 15.9. The largest absolute Gasteiger partial charge is 0.325 e. The van der Waals surface area contributed by atoms with Crippen LogP contribution in [-0.2, 0) is 0 Å². The first-order chi connectivity index (χ1) is 6.83. The maximum atomic E-state index is 6.10. The Hall–Kier alpha value is -0.0800. The van der Waals surface area contributed by atoms with Gasteiger partial charge in [-0.3, -0.25) is 0 Å². The molecular weight excluding hydrogens is 196 g/mol. The maximum absolute atomic E-state index is 6.10. The summed E-state index contributed by atoms with van der Waals surface area (Å²) in [6.45, 7) is 17.7. The van der Waals surface area contributed by atoms with E-state index in [9.17, 15) is 0 Å². The molecule has 0 atom stereocenters. The smallest absolute Gasteiger partial charge is 0.0147 e. The van der Waals surface area contributed by atoms with Crippen LogP contribution in [0, 0.1) is 5.92 Å². The summed E-state index contributed by atoms with van der Waals surface area (Å²) in [5.41, 5.74) is 6.23. The first-order valence-corrected chi connectivity index (χ1v) is 6.41. The molecule has 0 saturated carbocycles. The van der Waals surface area contributed by atoms with Crippen molar-refractivity contribution in [1.29, 1.82) is 0 Å². The van der Waals surface area contributed by atoms with Crippen LogP contribution in [0.5, 0.6) is 0 Å². The highest BCUT2D eigenvalue weighted by molar-refractivity contribution is 4.93. The molecule has 2 nitrogen and oxygen atoms in total. The fourth-order valence-electron chi connectivity index (χ4n) is 3.17. The third-order valence-corrected chi connectivity index (χ3v) is 2.49. The molecule has 98 valence electrons. The van der Waals surface area contributed by atoms with Crippen LogP contribution in [0.4, 0.5) is 0 Å². The van der Waals surface area contributed by atoms with E-state index in [1.54, 1.807) is 0 Å². The third-order valence-electron chi connectivity index (χ3n) is 2.49. The number of rotatable bonds is 6. The highest BCUT2D eigenvalue weighted by Crippen LogP contribution is 2.24. The van der Waals surface area contributed by atoms with Gasteiger partial charge in [0.1, 0.15) is 0 Å². The highest BCUT2D eigenvalue weighted by Gasteiger charge is 2.31. The molecule has 0 fully saturated rings. The summed E-state index contributed by atoms with van der Waals surface area (Å²) in [6.07, 6.45) is 2.16. The van der Waals surface area contributed by atoms with Gasteiger partial charge in [0.15, 0.2) is 0 Å². The first-order valence-electron chi connectivity index (χ1n) is 6.41. The molecule has 0 aromatic rings. The van der Waals surface area contributed by atoms with Gasteiger partial charge < -0.3 is 11.1 Å². The quantitative estimate of drug-likeness (QED) is 0.732. The average molecular weight is 228 g/mol. The number of hydrogen-bond acceptors (Lipinski definition) is 2. The molecular formula is C14H32N2. The third kappa shape index (κ3) is 8.12. The molecule has 0 bridgehead atoms. The van der Waals surface area contributed by atoms with Crippen molar-refractivity contribution < 1.29 is 0 Å². The van der Waals surface area contributed by atoms with Gasteiger partial charge in [-0.05, 0) is 60.3 Å². The molecule has 16 heavy (non-hydrogen) atoms. The van der Waals surface area contributed by atoms with Crippen molar-refractivity contribution in [2.45, 2.75) is 84.8 Å². The van der Waals surface area contributed by atoms with E-state index in [2.05, 4.69) is 60.7 Å². The second-order valence-corrected chi connectivity index (χ2v) is 7.66. The zero-order valence-electron chi connectivity index (χ0n) is 12.6. The fraction of sp³-hybridized carbons (Fsp3) is 1.00. The summed E-state index contributed by atoms with van der Waals surface area (Å²) in [6, 6.07) is 0. The van der Waals surface area contributed by atoms with E-state index in [0.29, 0.717) is 5.92 Å². The van der Waals surface area contributed by atoms with Crippen molar-refractivity contribution in [3.05, 3.63) is 0 Å². The van der Waals surface area contributed by atoms with Crippen LogP contribution in [0.3, 0.4) is 0 Å². The molecule has 2 heteroatoms. The zero-order chi connectivity index (χ0) is 13.2. The molecule has 0 radical (unpaired) electrons. The van der Waals surface area contributed by atoms with Crippen molar-refractivity contribution in [3.63, 3.8) is 0 Å². The molecule has 0 rings (SSSR count). The van der Waals surface area contributed by atoms with Gasteiger partial charge in [0.05, 0.1) is 0 Å². The molecule has 0 spiro atoms. The molecule has 0 aromatic heterocycles. The van der Waals surface area contributed by atoms with Gasteiger partial charge in [-0.2, -0.15) is 0 Å². The van der Waals surface area contributed by atoms with Crippen molar-refractivity contribution in [2.75, 3.05) is 0 Å². The van der Waals surface area contributed by atoms with Gasteiger partial charge in [-0.15, -0.1) is 0 Å². The van der Waals surface area contributed by atoms with Crippen LogP contribution in [0.2, 0.25) is 0 Å². The maximum Gasteiger partial charge on any atom is 0.0147 e. The van der Waals surface area contributed by atoms with Crippen LogP contribution >= 0.6 is 0 Å². The van der Waals surface area contributed by atoms with E-state index < -0.39 is 0 Å². The van der Waals surface area contributed by atoms with Crippen LogP contribution in [-0.4, -0.2) is 16.6 Å². The Balaban J connectivity index is 4.45. The van der Waals surface area contributed by atoms with Gasteiger partial charge in [-0.25, -0.2) is 0 Å². The Labute approximate surface area is 102 Å². The lowest BCUT2D eigenvalue weighted by Gasteiger charge is -2.41. The summed E-state index contributed by atoms with van der Waals surface area (Å²) < 4.78 is 0. The molecule has 0 aliphatic rings. The molecule has 0 saturated heterocycles. The van der Waals surface area contributed by atoms with Gasteiger partial charge in [0.25, 0.3) is 0 Å². The molecule has 0 aliphatic carbocycles. The summed E-state index contributed by atoms with van der Waals surface area (Å²) in [7, 11) is 0. The molecule has 3 N–H and O–H groups in total. The molecule has 0 heterocycles. The van der Waals surface area contributed by atoms with E-state index >= 15 is 0 Å². The predicted octanol–water partition coefficient (Wildman–Crippen LogP) is 3.31. The lowest BCUT2D eigenvalue weighted by molar-refractivity contribution is 0.197. The summed E-state index contributed by atoms with van der Waals surface area (Å²) in [4.78, 5) is 0. The van der Waals surface area contributed by atoms with Gasteiger partial charge in [0, 0.05) is 16.6 Å². The average Bonchev–Trinajstić information content (AvgIpc) is 1.69. The van der Waals surface area contributed by atoms with Gasteiger partial charge in [-0.1, -0.05) is 13.8 Å². The SMILES string of the molecule is CC(C)CC(C)(C)NC(C)(C)CC(C)(C)N. The summed E-state index contributed by atoms with van der Waals surface area (Å²) in [5, 5.41) is 3.74. The second kappa shape index (κ2) is 5.05. The Bertz CT molecular complexity index is 209. The normalized spacial score (nSPS) is 14.6. The summed E-state index contributed by atoms with van der Waals surface area (Å²) >= 11 is 0. The van der Waals surface area contributed by atoms with E-state index in [4.69, 9.17) is 5.73 Å². The lowest BCUT2D eigenvalue weighted by atomic mass is 9.83. The number of nitrogens with two attached hydrogens (primary N) is 1. The van der Waals surface area contributed by atoms with E-state index in [0.717, 1.165) is 6.42 Å². The van der Waals surface area contributed by atoms with Crippen LogP contribution in [0.15, 0.2) is 0 Å². The van der Waals surface area contributed by atoms with E-state index in [-0.39, 0.29) is 16.6 Å². The molecule has 0 aromatic carbocycles. The van der Waals surface area contributed by atoms with Crippen molar-refractivity contribution in [3.8, 4) is 0 Å². The number of nitrogens with one attached hydrogen (secondary N) is 1. The lowest BCUT2D eigenvalue weighted by Crippen LogP contribution is -2.56. The number of hydrogen-bond donors (Lipinski definition) is 2. The van der Waals surface area contributed by atoms with E-state index in [1.165, 1.54) is 6.42 Å². The molecule has 0 aliphatic heterocycles. The Morgan fingerprint density at radius 1 is 0.938 bits per heavy atom. The van der Waals surface area contributed by atoms with Crippen LogP contribution in [0.1, 0.15) is 68.2 Å². The minimum absolute atomic E-state index is 0.0800. The van der Waals surface area contributed by atoms with Crippen LogP contribution < -0.4 is 11.1 Å². The van der Waals surface area contributed by atoms with Crippen molar-refractivity contribution in [2.24, 2.45) is 11.7 Å². The Morgan fingerprint density at radius 2 is 1.38 bits per heavy atom. The predicted molar refractivity (Wildman–Crippen MR) is 73.6 cm³/mol. The monoisotopic (exact) mass is 228 g/mol. The molecule has 0 amide bonds. The standard InChI is InChI=1S/C14H32N2/c1-11(2)9-13(5,6)16-14(7,8)10-12(3,4)15/h11,16H,9-10,15H2,1-8H3. The van der Waals surface area contributed by atoms with Crippen LogP contribution in [0.25, 0.3) is 0 Å².